The van der Waals surface area contributed by atoms with Gasteiger partial charge in [-0.2, -0.15) is 0 Å². The Morgan fingerprint density at radius 1 is 2.00 bits per heavy atom. The van der Waals surface area contributed by atoms with Gasteiger partial charge in [-0.15, -0.1) is 0 Å². The van der Waals surface area contributed by atoms with Crippen LogP contribution in [0.3, 0.4) is 0 Å². The molecule has 0 aromatic heterocycles. The predicted octanol–water partition coefficient (Wildman–Crippen LogP) is 0.972. The molecular weight excluding hydrogens is 120 g/mol. The Hall–Kier alpha value is 0.440. The third kappa shape index (κ3) is 26.1. The molecule has 0 saturated heterocycles. The molecule has 0 aliphatic carbocycles. The molecule has 0 bridgehead atoms. The first-order valence-electron chi connectivity index (χ1n) is 0.862. The summed E-state index contributed by atoms with van der Waals surface area (Å²) in [6.45, 7) is 3.00. The average molecular weight is 123 g/mol. The zero-order valence-electron chi connectivity index (χ0n) is 2.07. The molecule has 1 unspecified atom stereocenters. The molecule has 1 nitrogen and oxygen atoms in total. The van der Waals surface area contributed by atoms with Gasteiger partial charge in [0, 0.05) is 0 Å². The minimum absolute atomic E-state index is 0.854. The summed E-state index contributed by atoms with van der Waals surface area (Å²) in [5, 5.41) is 8.48. The van der Waals surface area contributed by atoms with Crippen LogP contribution in [-0.4, -0.2) is 5.01 Å². The van der Waals surface area contributed by atoms with Crippen molar-refractivity contribution in [2.75, 3.05) is 0 Å². The summed E-state index contributed by atoms with van der Waals surface area (Å²) < 4.78 is 0. The van der Waals surface area contributed by atoms with E-state index in [0.717, 1.165) is 0 Å². The van der Waals surface area contributed by atoms with Crippen molar-refractivity contribution in [1.82, 2.24) is 0 Å². The van der Waals surface area contributed by atoms with E-state index in [1.165, 1.54) is 0 Å². The van der Waals surface area contributed by atoms with Gasteiger partial charge in [0.05, 0.1) is 0 Å². The number of hydrogen-bond donors (Lipinski definition) is 0. The molecular formula is C2H3BrO. The average Bonchev–Trinajstić information content (AvgIpc) is 0.811. The van der Waals surface area contributed by atoms with Gasteiger partial charge >= 0.3 is 0 Å². The van der Waals surface area contributed by atoms with Crippen LogP contribution in [0.2, 0.25) is 0 Å². The van der Waals surface area contributed by atoms with E-state index in [4.69, 9.17) is 0 Å². The van der Waals surface area contributed by atoms with Gasteiger partial charge in [-0.05, 0) is 6.92 Å². The van der Waals surface area contributed by atoms with E-state index < -0.39 is 5.01 Å². The maximum atomic E-state index is 9.33. The Bertz CT molecular complexity index is 10.8. The molecule has 0 heterocycles. The van der Waals surface area contributed by atoms with E-state index in [2.05, 4.69) is 22.9 Å². The first kappa shape index (κ1) is 4.44. The molecule has 0 N–H and O–H groups in total. The highest BCUT2D eigenvalue weighted by molar-refractivity contribution is 9.09. The van der Waals surface area contributed by atoms with Crippen molar-refractivity contribution in [2.45, 2.75) is 5.01 Å². The van der Waals surface area contributed by atoms with Crippen LogP contribution in [0.1, 0.15) is 0 Å². The molecule has 0 aromatic carbocycles. The Kier molecular flexibility index (Phi) is 1.92. The highest BCUT2D eigenvalue weighted by atomic mass is 79.9. The SMILES string of the molecule is [CH2]C([O])Br. The zero-order chi connectivity index (χ0) is 3.58. The number of alkyl halides is 1. The van der Waals surface area contributed by atoms with Gasteiger partial charge in [-0.1, -0.05) is 15.9 Å². The van der Waals surface area contributed by atoms with Gasteiger partial charge in [0.2, 0.25) is 0 Å². The van der Waals surface area contributed by atoms with Crippen molar-refractivity contribution < 1.29 is 5.11 Å². The molecule has 4 heavy (non-hydrogen) atoms. The van der Waals surface area contributed by atoms with Crippen LogP contribution in [0.25, 0.3) is 0 Å². The van der Waals surface area contributed by atoms with Crippen molar-refractivity contribution in [1.29, 1.82) is 0 Å². The Morgan fingerprint density at radius 2 is 2.00 bits per heavy atom. The molecule has 0 saturated carbocycles. The molecule has 1 atom stereocenters. The monoisotopic (exact) mass is 122 g/mol. The van der Waals surface area contributed by atoms with Crippen molar-refractivity contribution in [3.63, 3.8) is 0 Å². The molecule has 2 heteroatoms. The van der Waals surface area contributed by atoms with Gasteiger partial charge in [-0.3, -0.25) is 0 Å². The standard InChI is InChI=1S/C2H3BrO/c1-2(3)4/h2H,1H2. The lowest BCUT2D eigenvalue weighted by Crippen LogP contribution is -1.75. The molecule has 0 rings (SSSR count). The number of rotatable bonds is 0. The predicted molar refractivity (Wildman–Crippen MR) is 18.8 cm³/mol. The van der Waals surface area contributed by atoms with Crippen molar-refractivity contribution >= 4 is 15.9 Å². The summed E-state index contributed by atoms with van der Waals surface area (Å²) in [4.78, 5) is 0. The van der Waals surface area contributed by atoms with Gasteiger partial charge in [0.15, 0.2) is 0 Å². The maximum Gasteiger partial charge on any atom is 0.147 e. The molecule has 0 aliphatic rings. The largest absolute Gasteiger partial charge is 0.221 e. The smallest absolute Gasteiger partial charge is 0.147 e. The van der Waals surface area contributed by atoms with E-state index in [1.807, 2.05) is 0 Å². The third-order valence-corrected chi connectivity index (χ3v) is 0. The van der Waals surface area contributed by atoms with Gasteiger partial charge in [-0.25, -0.2) is 5.11 Å². The lowest BCUT2D eigenvalue weighted by atomic mass is 10.9. The molecule has 0 aliphatic heterocycles. The van der Waals surface area contributed by atoms with E-state index in [0.29, 0.717) is 0 Å². The highest BCUT2D eigenvalue weighted by Gasteiger charge is 1.77. The zero-order valence-corrected chi connectivity index (χ0v) is 3.66. The fourth-order valence-corrected chi connectivity index (χ4v) is 0. The van der Waals surface area contributed by atoms with Crippen LogP contribution >= 0.6 is 15.9 Å². The minimum atomic E-state index is -0.854. The molecule has 0 fully saturated rings. The minimum Gasteiger partial charge on any atom is -0.221 e. The van der Waals surface area contributed by atoms with Crippen LogP contribution in [0.5, 0.6) is 0 Å². The van der Waals surface area contributed by atoms with Crippen LogP contribution in [0, 0.1) is 6.92 Å². The van der Waals surface area contributed by atoms with Crippen molar-refractivity contribution in [3.05, 3.63) is 6.92 Å². The van der Waals surface area contributed by atoms with E-state index in [-0.39, 0.29) is 0 Å². The second-order valence-electron chi connectivity index (χ2n) is 0.410. The Morgan fingerprint density at radius 3 is 2.00 bits per heavy atom. The Labute approximate surface area is 33.8 Å². The summed E-state index contributed by atoms with van der Waals surface area (Å²) in [5.74, 6) is 0. The second kappa shape index (κ2) is 1.73. The van der Waals surface area contributed by atoms with Gasteiger partial charge in [0.1, 0.15) is 5.01 Å². The second-order valence-corrected chi connectivity index (χ2v) is 1.43. The summed E-state index contributed by atoms with van der Waals surface area (Å²) in [6.07, 6.45) is 0. The molecule has 24 valence electrons. The van der Waals surface area contributed by atoms with Crippen molar-refractivity contribution in [3.8, 4) is 0 Å². The molecule has 0 amide bonds. The lowest BCUT2D eigenvalue weighted by molar-refractivity contribution is 0.206. The Balaban J connectivity index is 2.32. The quantitative estimate of drug-likeness (QED) is 0.427. The number of halogens is 1. The normalized spacial score (nSPS) is 15.8. The third-order valence-electron chi connectivity index (χ3n) is 0. The lowest BCUT2D eigenvalue weighted by Gasteiger charge is -1.71. The van der Waals surface area contributed by atoms with Gasteiger partial charge < -0.3 is 0 Å². The van der Waals surface area contributed by atoms with E-state index >= 15 is 0 Å². The highest BCUT2D eigenvalue weighted by Crippen LogP contribution is 1.86. The summed E-state index contributed by atoms with van der Waals surface area (Å²) in [5.41, 5.74) is 0. The first-order chi connectivity index (χ1) is 1.73. The van der Waals surface area contributed by atoms with Crippen LogP contribution < -0.4 is 0 Å². The van der Waals surface area contributed by atoms with E-state index in [1.54, 1.807) is 0 Å². The van der Waals surface area contributed by atoms with Crippen LogP contribution in [0.15, 0.2) is 0 Å². The fraction of sp³-hybridized carbons (Fsp3) is 0.500. The molecule has 0 aromatic rings. The maximum absolute atomic E-state index is 9.33. The molecule has 2 radical (unpaired) electrons. The fourth-order valence-electron chi connectivity index (χ4n) is 0. The molecule has 0 spiro atoms. The summed E-state index contributed by atoms with van der Waals surface area (Å²) in [6, 6.07) is 0. The van der Waals surface area contributed by atoms with Gasteiger partial charge in [0.25, 0.3) is 0 Å². The number of hydrogen-bond acceptors (Lipinski definition) is 0. The summed E-state index contributed by atoms with van der Waals surface area (Å²) >= 11 is 2.60. The first-order valence-corrected chi connectivity index (χ1v) is 1.78. The van der Waals surface area contributed by atoms with E-state index in [9.17, 15) is 5.11 Å². The van der Waals surface area contributed by atoms with Crippen LogP contribution in [-0.2, 0) is 5.11 Å². The summed E-state index contributed by atoms with van der Waals surface area (Å²) in [7, 11) is 0. The van der Waals surface area contributed by atoms with Crippen molar-refractivity contribution in [2.24, 2.45) is 0 Å². The van der Waals surface area contributed by atoms with Crippen LogP contribution in [0.4, 0.5) is 0 Å². The topological polar surface area (TPSA) is 19.9 Å².